The minimum atomic E-state index is 0.677. The molecule has 114 valence electrons. The van der Waals surface area contributed by atoms with Crippen molar-refractivity contribution in [3.63, 3.8) is 0 Å². The number of ether oxygens (including phenoxy) is 1. The van der Waals surface area contributed by atoms with E-state index in [1.165, 1.54) is 5.56 Å². The molecule has 0 unspecified atom stereocenters. The molecule has 0 aliphatic heterocycles. The molecule has 1 heterocycles. The molecule has 2 aromatic rings. The first-order valence-corrected chi connectivity index (χ1v) is 7.50. The third-order valence-electron chi connectivity index (χ3n) is 3.38. The van der Waals surface area contributed by atoms with Crippen molar-refractivity contribution in [1.29, 1.82) is 0 Å². The summed E-state index contributed by atoms with van der Waals surface area (Å²) < 4.78 is 7.55. The van der Waals surface area contributed by atoms with E-state index >= 15 is 0 Å². The van der Waals surface area contributed by atoms with Crippen LogP contribution in [-0.2, 0) is 13.6 Å². The first kappa shape index (κ1) is 15.4. The maximum Gasteiger partial charge on any atom is 0.119 e. The van der Waals surface area contributed by atoms with Gasteiger partial charge in [-0.25, -0.2) is 0 Å². The molecular formula is C17H25N3O. The molecule has 0 aliphatic carbocycles. The first-order chi connectivity index (χ1) is 10.0. The number of aryl methyl sites for hydroxylation is 2. The molecular weight excluding hydrogens is 262 g/mol. The van der Waals surface area contributed by atoms with Crippen LogP contribution in [-0.4, -0.2) is 16.4 Å². The number of hydrogen-bond donors (Lipinski definition) is 1. The van der Waals surface area contributed by atoms with Crippen molar-refractivity contribution in [2.75, 3.05) is 11.9 Å². The van der Waals surface area contributed by atoms with E-state index in [1.807, 2.05) is 37.0 Å². The van der Waals surface area contributed by atoms with E-state index in [-0.39, 0.29) is 0 Å². The molecule has 0 saturated carbocycles. The summed E-state index contributed by atoms with van der Waals surface area (Å²) >= 11 is 0. The minimum Gasteiger partial charge on any atom is -0.494 e. The Morgan fingerprint density at radius 2 is 1.95 bits per heavy atom. The Morgan fingerprint density at radius 1 is 1.24 bits per heavy atom. The van der Waals surface area contributed by atoms with Crippen molar-refractivity contribution in [3.8, 4) is 5.75 Å². The Bertz CT molecular complexity index is 558. The van der Waals surface area contributed by atoms with Crippen LogP contribution >= 0.6 is 0 Å². The molecule has 1 aromatic heterocycles. The molecule has 0 fully saturated rings. The van der Waals surface area contributed by atoms with Gasteiger partial charge >= 0.3 is 0 Å². The Morgan fingerprint density at radius 3 is 2.52 bits per heavy atom. The van der Waals surface area contributed by atoms with Gasteiger partial charge < -0.3 is 10.1 Å². The lowest BCUT2D eigenvalue weighted by atomic mass is 10.1. The Hall–Kier alpha value is -1.97. The third-order valence-corrected chi connectivity index (χ3v) is 3.38. The van der Waals surface area contributed by atoms with E-state index in [0.29, 0.717) is 5.92 Å². The van der Waals surface area contributed by atoms with E-state index in [2.05, 4.69) is 36.4 Å². The van der Waals surface area contributed by atoms with Crippen LogP contribution in [0.15, 0.2) is 30.5 Å². The van der Waals surface area contributed by atoms with Crippen molar-refractivity contribution >= 4 is 5.69 Å². The Labute approximate surface area is 127 Å². The maximum atomic E-state index is 5.72. The van der Waals surface area contributed by atoms with Gasteiger partial charge in [0.05, 0.1) is 18.0 Å². The predicted octanol–water partition coefficient (Wildman–Crippen LogP) is 3.77. The number of aromatic nitrogens is 2. The van der Waals surface area contributed by atoms with E-state index in [1.54, 1.807) is 0 Å². The summed E-state index contributed by atoms with van der Waals surface area (Å²) in [5.41, 5.74) is 3.33. The number of nitrogens with zero attached hydrogens (tertiary/aromatic N) is 2. The number of benzene rings is 1. The van der Waals surface area contributed by atoms with E-state index in [9.17, 15) is 0 Å². The van der Waals surface area contributed by atoms with Gasteiger partial charge in [-0.3, -0.25) is 4.68 Å². The van der Waals surface area contributed by atoms with Gasteiger partial charge in [-0.15, -0.1) is 0 Å². The molecule has 0 atom stereocenters. The molecule has 4 heteroatoms. The minimum absolute atomic E-state index is 0.677. The smallest absolute Gasteiger partial charge is 0.119 e. The van der Waals surface area contributed by atoms with Gasteiger partial charge in [0.1, 0.15) is 5.75 Å². The SMILES string of the molecule is Cc1nn(C)cc1NCc1ccc(OCCC(C)C)cc1. The lowest BCUT2D eigenvalue weighted by molar-refractivity contribution is 0.289. The summed E-state index contributed by atoms with van der Waals surface area (Å²) in [5, 5.41) is 7.72. The fourth-order valence-corrected chi connectivity index (χ4v) is 2.09. The maximum absolute atomic E-state index is 5.72. The van der Waals surface area contributed by atoms with E-state index in [0.717, 1.165) is 36.7 Å². The van der Waals surface area contributed by atoms with Crippen LogP contribution in [0, 0.1) is 12.8 Å². The second kappa shape index (κ2) is 7.16. The van der Waals surface area contributed by atoms with Crippen molar-refractivity contribution in [2.45, 2.75) is 33.7 Å². The van der Waals surface area contributed by atoms with Gasteiger partial charge in [0.2, 0.25) is 0 Å². The summed E-state index contributed by atoms with van der Waals surface area (Å²) in [6.07, 6.45) is 3.09. The molecule has 2 rings (SSSR count). The summed E-state index contributed by atoms with van der Waals surface area (Å²) in [4.78, 5) is 0. The average molecular weight is 287 g/mol. The molecule has 4 nitrogen and oxygen atoms in total. The lowest BCUT2D eigenvalue weighted by Crippen LogP contribution is -2.02. The first-order valence-electron chi connectivity index (χ1n) is 7.50. The van der Waals surface area contributed by atoms with Crippen LogP contribution in [0.2, 0.25) is 0 Å². The number of anilines is 1. The van der Waals surface area contributed by atoms with Crippen molar-refractivity contribution < 1.29 is 4.74 Å². The van der Waals surface area contributed by atoms with Crippen LogP contribution in [0.25, 0.3) is 0 Å². The zero-order chi connectivity index (χ0) is 15.2. The highest BCUT2D eigenvalue weighted by molar-refractivity contribution is 5.46. The normalized spacial score (nSPS) is 10.9. The van der Waals surface area contributed by atoms with Gasteiger partial charge in [0.15, 0.2) is 0 Å². The van der Waals surface area contributed by atoms with Gasteiger partial charge in [-0.1, -0.05) is 26.0 Å². The standard InChI is InChI=1S/C17H25N3O/c1-13(2)9-10-21-16-7-5-15(6-8-16)11-18-17-12-20(4)19-14(17)3/h5-8,12-13,18H,9-11H2,1-4H3. The highest BCUT2D eigenvalue weighted by Crippen LogP contribution is 2.16. The Balaban J connectivity index is 1.83. The van der Waals surface area contributed by atoms with Crippen LogP contribution in [0.5, 0.6) is 5.75 Å². The topological polar surface area (TPSA) is 39.1 Å². The molecule has 0 amide bonds. The molecule has 0 radical (unpaired) electrons. The lowest BCUT2D eigenvalue weighted by Gasteiger charge is -2.09. The zero-order valence-corrected chi connectivity index (χ0v) is 13.4. The fourth-order valence-electron chi connectivity index (χ4n) is 2.09. The quantitative estimate of drug-likeness (QED) is 0.842. The third kappa shape index (κ3) is 4.81. The summed E-state index contributed by atoms with van der Waals surface area (Å²) in [5.74, 6) is 1.62. The van der Waals surface area contributed by atoms with Crippen molar-refractivity contribution in [3.05, 3.63) is 41.7 Å². The monoisotopic (exact) mass is 287 g/mol. The average Bonchev–Trinajstić information content (AvgIpc) is 2.76. The van der Waals surface area contributed by atoms with Gasteiger partial charge in [0, 0.05) is 19.8 Å². The number of rotatable bonds is 7. The van der Waals surface area contributed by atoms with Crippen molar-refractivity contribution in [1.82, 2.24) is 9.78 Å². The molecule has 0 aliphatic rings. The second-order valence-electron chi connectivity index (χ2n) is 5.83. The molecule has 21 heavy (non-hydrogen) atoms. The Kier molecular flexibility index (Phi) is 5.26. The number of hydrogen-bond acceptors (Lipinski definition) is 3. The highest BCUT2D eigenvalue weighted by atomic mass is 16.5. The van der Waals surface area contributed by atoms with Crippen LogP contribution in [0.4, 0.5) is 5.69 Å². The summed E-state index contributed by atoms with van der Waals surface area (Å²) in [6, 6.07) is 8.27. The van der Waals surface area contributed by atoms with Crippen LogP contribution < -0.4 is 10.1 Å². The van der Waals surface area contributed by atoms with Gasteiger partial charge in [-0.2, -0.15) is 5.10 Å². The van der Waals surface area contributed by atoms with Gasteiger partial charge in [-0.05, 0) is 37.0 Å². The second-order valence-corrected chi connectivity index (χ2v) is 5.83. The zero-order valence-electron chi connectivity index (χ0n) is 13.4. The van der Waals surface area contributed by atoms with E-state index in [4.69, 9.17) is 4.74 Å². The largest absolute Gasteiger partial charge is 0.494 e. The van der Waals surface area contributed by atoms with Gasteiger partial charge in [0.25, 0.3) is 0 Å². The molecule has 0 bridgehead atoms. The molecule has 1 N–H and O–H groups in total. The summed E-state index contributed by atoms with van der Waals surface area (Å²) in [7, 11) is 1.93. The highest BCUT2D eigenvalue weighted by Gasteiger charge is 2.02. The molecule has 0 saturated heterocycles. The number of nitrogens with one attached hydrogen (secondary N) is 1. The van der Waals surface area contributed by atoms with Crippen molar-refractivity contribution in [2.24, 2.45) is 13.0 Å². The van der Waals surface area contributed by atoms with Crippen LogP contribution in [0.1, 0.15) is 31.5 Å². The summed E-state index contributed by atoms with van der Waals surface area (Å²) in [6.45, 7) is 7.99. The molecule has 1 aromatic carbocycles. The fraction of sp³-hybridized carbons (Fsp3) is 0.471. The molecule has 0 spiro atoms. The van der Waals surface area contributed by atoms with Crippen LogP contribution in [0.3, 0.4) is 0 Å². The van der Waals surface area contributed by atoms with E-state index < -0.39 is 0 Å². The predicted molar refractivity (Wildman–Crippen MR) is 86.7 cm³/mol.